The third-order valence-corrected chi connectivity index (χ3v) is 4.55. The van der Waals surface area contributed by atoms with Crippen molar-refractivity contribution in [3.8, 4) is 5.75 Å². The van der Waals surface area contributed by atoms with Gasteiger partial charge in [-0.15, -0.1) is 0 Å². The zero-order valence-electron chi connectivity index (χ0n) is 15.1. The fourth-order valence-electron chi connectivity index (χ4n) is 3.08. The van der Waals surface area contributed by atoms with Gasteiger partial charge in [0.25, 0.3) is 0 Å². The first kappa shape index (κ1) is 17.9. The molecule has 132 valence electrons. The van der Waals surface area contributed by atoms with Crippen LogP contribution in [0.15, 0.2) is 78.9 Å². The van der Waals surface area contributed by atoms with Gasteiger partial charge in [0.2, 0.25) is 0 Å². The Bertz CT molecular complexity index is 844. The van der Waals surface area contributed by atoms with Gasteiger partial charge in [-0.3, -0.25) is 10.1 Å². The fourth-order valence-corrected chi connectivity index (χ4v) is 3.08. The van der Waals surface area contributed by atoms with Crippen molar-refractivity contribution in [3.05, 3.63) is 101 Å². The zero-order valence-corrected chi connectivity index (χ0v) is 15.1. The second-order valence-corrected chi connectivity index (χ2v) is 6.29. The number of carbonyl (C=O) groups excluding carboxylic acids is 1. The van der Waals surface area contributed by atoms with E-state index in [0.717, 1.165) is 23.2 Å². The molecule has 0 fully saturated rings. The van der Waals surface area contributed by atoms with Crippen molar-refractivity contribution in [1.29, 1.82) is 0 Å². The van der Waals surface area contributed by atoms with E-state index in [0.29, 0.717) is 5.56 Å². The molecule has 3 nitrogen and oxygen atoms in total. The second-order valence-electron chi connectivity index (χ2n) is 6.29. The van der Waals surface area contributed by atoms with Crippen LogP contribution in [-0.2, 0) is 0 Å². The lowest BCUT2D eigenvalue weighted by Gasteiger charge is -2.25. The van der Waals surface area contributed by atoms with Gasteiger partial charge in [-0.25, -0.2) is 0 Å². The van der Waals surface area contributed by atoms with E-state index >= 15 is 0 Å². The van der Waals surface area contributed by atoms with E-state index in [2.05, 4.69) is 36.5 Å². The van der Waals surface area contributed by atoms with E-state index in [4.69, 9.17) is 4.74 Å². The molecule has 1 unspecified atom stereocenters. The van der Waals surface area contributed by atoms with Crippen LogP contribution in [0.25, 0.3) is 0 Å². The molecule has 3 aromatic rings. The van der Waals surface area contributed by atoms with Crippen molar-refractivity contribution in [2.75, 3.05) is 7.11 Å². The van der Waals surface area contributed by atoms with Crippen LogP contribution >= 0.6 is 0 Å². The van der Waals surface area contributed by atoms with Crippen LogP contribution in [0.1, 0.15) is 46.1 Å². The van der Waals surface area contributed by atoms with Gasteiger partial charge in [0.15, 0.2) is 0 Å². The fraction of sp³-hybridized carbons (Fsp3) is 0.174. The van der Waals surface area contributed by atoms with Crippen molar-refractivity contribution >= 4 is 6.29 Å². The summed E-state index contributed by atoms with van der Waals surface area (Å²) in [4.78, 5) is 11.2. The number of hydrogen-bond acceptors (Lipinski definition) is 3. The maximum Gasteiger partial charge on any atom is 0.150 e. The van der Waals surface area contributed by atoms with Gasteiger partial charge in [0, 0.05) is 11.6 Å². The van der Waals surface area contributed by atoms with E-state index in [9.17, 15) is 4.79 Å². The summed E-state index contributed by atoms with van der Waals surface area (Å²) in [5.41, 5.74) is 4.08. The average Bonchev–Trinajstić information content (AvgIpc) is 2.72. The summed E-state index contributed by atoms with van der Waals surface area (Å²) < 4.78 is 5.27. The minimum atomic E-state index is -0.0315. The summed E-state index contributed by atoms with van der Waals surface area (Å²) in [6, 6.07) is 26.2. The maximum absolute atomic E-state index is 11.2. The molecule has 3 aromatic carbocycles. The molecule has 2 atom stereocenters. The van der Waals surface area contributed by atoms with Crippen molar-refractivity contribution in [2.24, 2.45) is 0 Å². The number of carbonyl (C=O) groups is 1. The van der Waals surface area contributed by atoms with Crippen LogP contribution in [0.2, 0.25) is 0 Å². The monoisotopic (exact) mass is 345 g/mol. The summed E-state index contributed by atoms with van der Waals surface area (Å²) in [6.07, 6.45) is 0.884. The number of methoxy groups -OCH3 is 1. The second kappa shape index (κ2) is 8.45. The zero-order chi connectivity index (χ0) is 18.4. The lowest BCUT2D eigenvalue weighted by molar-refractivity contribution is 0.112. The highest BCUT2D eigenvalue weighted by Crippen LogP contribution is 2.28. The summed E-state index contributed by atoms with van der Waals surface area (Å²) in [5, 5.41) is 3.70. The number of hydrogen-bond donors (Lipinski definition) is 1. The topological polar surface area (TPSA) is 38.3 Å². The maximum atomic E-state index is 11.2. The Balaban J connectivity index is 1.96. The van der Waals surface area contributed by atoms with E-state index in [1.54, 1.807) is 7.11 Å². The minimum absolute atomic E-state index is 0.0315. The van der Waals surface area contributed by atoms with Crippen LogP contribution in [0.4, 0.5) is 0 Å². The first-order valence-corrected chi connectivity index (χ1v) is 8.71. The molecule has 0 aromatic heterocycles. The number of nitrogens with one attached hydrogen (secondary N) is 1. The summed E-state index contributed by atoms with van der Waals surface area (Å²) in [7, 11) is 1.66. The van der Waals surface area contributed by atoms with Crippen molar-refractivity contribution in [2.45, 2.75) is 19.0 Å². The van der Waals surface area contributed by atoms with Crippen LogP contribution in [-0.4, -0.2) is 13.4 Å². The Morgan fingerprint density at radius 3 is 2.19 bits per heavy atom. The Morgan fingerprint density at radius 1 is 0.846 bits per heavy atom. The molecule has 3 heteroatoms. The number of ether oxygens (including phenoxy) is 1. The largest absolute Gasteiger partial charge is 0.497 e. The van der Waals surface area contributed by atoms with Gasteiger partial charge in [-0.1, -0.05) is 60.7 Å². The smallest absolute Gasteiger partial charge is 0.150 e. The van der Waals surface area contributed by atoms with Gasteiger partial charge in [0.1, 0.15) is 12.0 Å². The van der Waals surface area contributed by atoms with E-state index < -0.39 is 0 Å². The molecule has 0 radical (unpaired) electrons. The Kier molecular flexibility index (Phi) is 5.82. The third-order valence-electron chi connectivity index (χ3n) is 4.55. The molecule has 26 heavy (non-hydrogen) atoms. The number of rotatable bonds is 7. The van der Waals surface area contributed by atoms with E-state index in [-0.39, 0.29) is 12.1 Å². The quantitative estimate of drug-likeness (QED) is 0.616. The predicted molar refractivity (Wildman–Crippen MR) is 105 cm³/mol. The number of aldehydes is 1. The number of benzene rings is 3. The van der Waals surface area contributed by atoms with Crippen molar-refractivity contribution in [1.82, 2.24) is 5.32 Å². The molecule has 0 saturated heterocycles. The molecule has 0 aliphatic carbocycles. The highest BCUT2D eigenvalue weighted by molar-refractivity contribution is 5.75. The normalized spacial score (nSPS) is 13.0. The van der Waals surface area contributed by atoms with Gasteiger partial charge < -0.3 is 4.74 Å². The molecular formula is C23H23NO2. The minimum Gasteiger partial charge on any atom is -0.497 e. The SMILES string of the molecule is COc1ccc(C(N[C@H](C)c2ccccc2)c2cccc(C=O)c2)cc1. The molecule has 0 aliphatic heterocycles. The molecule has 0 spiro atoms. The highest BCUT2D eigenvalue weighted by atomic mass is 16.5. The van der Waals surface area contributed by atoms with Crippen LogP contribution in [0.5, 0.6) is 5.75 Å². The lowest BCUT2D eigenvalue weighted by atomic mass is 9.95. The Hall–Kier alpha value is -2.91. The van der Waals surface area contributed by atoms with Gasteiger partial charge >= 0.3 is 0 Å². The van der Waals surface area contributed by atoms with Crippen molar-refractivity contribution in [3.63, 3.8) is 0 Å². The molecule has 0 amide bonds. The van der Waals surface area contributed by atoms with Gasteiger partial charge in [-0.2, -0.15) is 0 Å². The Labute approximate surface area is 154 Å². The molecule has 0 saturated carbocycles. The third kappa shape index (κ3) is 4.19. The van der Waals surface area contributed by atoms with E-state index in [1.807, 2.05) is 54.6 Å². The summed E-state index contributed by atoms with van der Waals surface area (Å²) >= 11 is 0. The summed E-state index contributed by atoms with van der Waals surface area (Å²) in [6.45, 7) is 2.15. The Morgan fingerprint density at radius 2 is 1.54 bits per heavy atom. The lowest BCUT2D eigenvalue weighted by Crippen LogP contribution is -2.25. The molecule has 3 rings (SSSR count). The van der Waals surface area contributed by atoms with Gasteiger partial charge in [0.05, 0.1) is 13.2 Å². The first-order valence-electron chi connectivity index (χ1n) is 8.71. The van der Waals surface area contributed by atoms with Crippen molar-refractivity contribution < 1.29 is 9.53 Å². The molecular weight excluding hydrogens is 322 g/mol. The van der Waals surface area contributed by atoms with Crippen LogP contribution in [0, 0.1) is 0 Å². The van der Waals surface area contributed by atoms with Crippen LogP contribution < -0.4 is 10.1 Å². The summed E-state index contributed by atoms with van der Waals surface area (Å²) in [5.74, 6) is 0.824. The highest BCUT2D eigenvalue weighted by Gasteiger charge is 2.18. The first-order chi connectivity index (χ1) is 12.7. The predicted octanol–water partition coefficient (Wildman–Crippen LogP) is 4.95. The van der Waals surface area contributed by atoms with Crippen LogP contribution in [0.3, 0.4) is 0 Å². The molecule has 1 N–H and O–H groups in total. The van der Waals surface area contributed by atoms with E-state index in [1.165, 1.54) is 5.56 Å². The standard InChI is InChI=1S/C23H23NO2/c1-17(19-8-4-3-5-9-19)24-23(20-11-13-22(26-2)14-12-20)21-10-6-7-18(15-21)16-25/h3-17,23-24H,1-2H3/t17-,23?/m1/s1. The van der Waals surface area contributed by atoms with Gasteiger partial charge in [-0.05, 0) is 41.8 Å². The molecule has 0 heterocycles. The molecule has 0 aliphatic rings. The average molecular weight is 345 g/mol. The molecule has 0 bridgehead atoms.